The molecule has 0 aliphatic rings. The lowest BCUT2D eigenvalue weighted by atomic mass is 10.2. The van der Waals surface area contributed by atoms with Crippen LogP contribution in [-0.4, -0.2) is 42.7 Å². The first-order valence-electron chi connectivity index (χ1n) is 11.4. The molecular formula is C23H24F3N7O2S. The second-order valence-electron chi connectivity index (χ2n) is 7.90. The molecule has 0 fully saturated rings. The van der Waals surface area contributed by atoms with Crippen molar-refractivity contribution in [1.29, 1.82) is 0 Å². The smallest absolute Gasteiger partial charge is 0.351 e. The van der Waals surface area contributed by atoms with E-state index in [1.165, 1.54) is 28.3 Å². The minimum Gasteiger partial charge on any atom is -0.351 e. The van der Waals surface area contributed by atoms with Crippen molar-refractivity contribution in [1.82, 2.24) is 29.7 Å². The number of halogens is 3. The highest BCUT2D eigenvalue weighted by Crippen LogP contribution is 2.34. The fourth-order valence-corrected chi connectivity index (χ4v) is 4.38. The van der Waals surface area contributed by atoms with E-state index in [2.05, 4.69) is 25.8 Å². The number of fused-ring (bicyclic) bond motifs is 1. The van der Waals surface area contributed by atoms with Crippen LogP contribution in [0.25, 0.3) is 16.2 Å². The van der Waals surface area contributed by atoms with E-state index in [9.17, 15) is 22.8 Å². The van der Waals surface area contributed by atoms with Crippen LogP contribution in [0.4, 0.5) is 18.9 Å². The van der Waals surface area contributed by atoms with Crippen molar-refractivity contribution < 1.29 is 22.8 Å². The minimum absolute atomic E-state index is 0.00299. The highest BCUT2D eigenvalue weighted by atomic mass is 32.1. The number of nitrogens with zero attached hydrogens (tertiary/aromatic N) is 5. The molecule has 0 saturated heterocycles. The zero-order valence-corrected chi connectivity index (χ0v) is 20.6. The first kappa shape index (κ1) is 25.4. The van der Waals surface area contributed by atoms with Gasteiger partial charge < -0.3 is 10.6 Å². The summed E-state index contributed by atoms with van der Waals surface area (Å²) in [5.41, 5.74) is -1.18. The predicted molar refractivity (Wildman–Crippen MR) is 129 cm³/mol. The highest BCUT2D eigenvalue weighted by molar-refractivity contribution is 7.15. The van der Waals surface area contributed by atoms with Crippen LogP contribution in [0, 0.1) is 0 Å². The largest absolute Gasteiger partial charge is 0.433 e. The number of aryl methyl sites for hydroxylation is 2. The molecule has 0 bridgehead atoms. The zero-order chi connectivity index (χ0) is 26.0. The van der Waals surface area contributed by atoms with Gasteiger partial charge in [0.15, 0.2) is 22.7 Å². The van der Waals surface area contributed by atoms with Gasteiger partial charge in [-0.1, -0.05) is 13.8 Å². The van der Waals surface area contributed by atoms with E-state index in [0.717, 1.165) is 17.4 Å². The molecule has 2 N–H and O–H groups in total. The van der Waals surface area contributed by atoms with Crippen LogP contribution >= 0.6 is 11.3 Å². The maximum absolute atomic E-state index is 13.9. The van der Waals surface area contributed by atoms with Gasteiger partial charge in [0, 0.05) is 30.2 Å². The third-order valence-corrected chi connectivity index (χ3v) is 6.55. The molecule has 0 atom stereocenters. The van der Waals surface area contributed by atoms with Gasteiger partial charge in [-0.15, -0.1) is 11.3 Å². The summed E-state index contributed by atoms with van der Waals surface area (Å²) in [6.07, 6.45) is -1.78. The van der Waals surface area contributed by atoms with Gasteiger partial charge in [-0.2, -0.15) is 23.4 Å². The van der Waals surface area contributed by atoms with Crippen molar-refractivity contribution >= 4 is 34.5 Å². The maximum Gasteiger partial charge on any atom is 0.433 e. The molecule has 0 spiro atoms. The molecule has 0 radical (unpaired) electrons. The Bertz CT molecular complexity index is 1420. The third-order valence-electron chi connectivity index (χ3n) is 5.30. The molecule has 36 heavy (non-hydrogen) atoms. The minimum atomic E-state index is -4.73. The zero-order valence-electron chi connectivity index (χ0n) is 19.8. The van der Waals surface area contributed by atoms with Crippen molar-refractivity contribution in [2.24, 2.45) is 0 Å². The number of anilines is 1. The summed E-state index contributed by atoms with van der Waals surface area (Å²) in [7, 11) is 0. The van der Waals surface area contributed by atoms with E-state index in [0.29, 0.717) is 28.9 Å². The standard InChI is InChI=1S/C23H24F3N7O2S/c1-4-9-27-22(35)20-16(12-32(6-3)31-20)29-21(34)15-11-19-28-14(17-8-7-13(5-2)36-17)10-18(23(24,25)26)33(19)30-15/h7-8,10-12H,4-6,9H2,1-3H3,(H,27,35)(H,29,34). The first-order chi connectivity index (χ1) is 17.1. The SMILES string of the molecule is CCCNC(=O)c1nn(CC)cc1NC(=O)c1cc2nc(-c3ccc(CC)s3)cc(C(F)(F)F)n2n1. The quantitative estimate of drug-likeness (QED) is 0.353. The number of rotatable bonds is 8. The van der Waals surface area contributed by atoms with Crippen LogP contribution in [-0.2, 0) is 19.1 Å². The maximum atomic E-state index is 13.9. The molecule has 0 unspecified atom stereocenters. The molecule has 4 aromatic rings. The van der Waals surface area contributed by atoms with Crippen molar-refractivity contribution in [3.05, 3.63) is 52.4 Å². The number of thiophene rings is 1. The lowest BCUT2D eigenvalue weighted by Crippen LogP contribution is -2.26. The summed E-state index contributed by atoms with van der Waals surface area (Å²) in [6.45, 7) is 6.54. The highest BCUT2D eigenvalue weighted by Gasteiger charge is 2.36. The fourth-order valence-electron chi connectivity index (χ4n) is 3.47. The van der Waals surface area contributed by atoms with Crippen LogP contribution in [0.3, 0.4) is 0 Å². The molecule has 4 aromatic heterocycles. The Morgan fingerprint density at radius 3 is 2.50 bits per heavy atom. The van der Waals surface area contributed by atoms with Crippen molar-refractivity contribution in [3.63, 3.8) is 0 Å². The van der Waals surface area contributed by atoms with Crippen LogP contribution in [0.1, 0.15) is 58.7 Å². The Hall–Kier alpha value is -3.74. The van der Waals surface area contributed by atoms with E-state index in [-0.39, 0.29) is 28.4 Å². The molecule has 0 aromatic carbocycles. The number of amides is 2. The Morgan fingerprint density at radius 2 is 1.86 bits per heavy atom. The lowest BCUT2D eigenvalue weighted by molar-refractivity contribution is -0.142. The van der Waals surface area contributed by atoms with Gasteiger partial charge in [0.25, 0.3) is 11.8 Å². The summed E-state index contributed by atoms with van der Waals surface area (Å²) in [4.78, 5) is 31.4. The van der Waals surface area contributed by atoms with Crippen LogP contribution < -0.4 is 10.6 Å². The van der Waals surface area contributed by atoms with Gasteiger partial charge in [0.2, 0.25) is 0 Å². The third kappa shape index (κ3) is 5.10. The van der Waals surface area contributed by atoms with E-state index in [1.54, 1.807) is 6.07 Å². The van der Waals surface area contributed by atoms with Gasteiger partial charge in [-0.3, -0.25) is 14.3 Å². The molecule has 13 heteroatoms. The van der Waals surface area contributed by atoms with Crippen LogP contribution in [0.5, 0.6) is 0 Å². The second kappa shape index (κ2) is 10.1. The molecule has 4 rings (SSSR count). The number of hydrogen-bond donors (Lipinski definition) is 2. The Kier molecular flexibility index (Phi) is 7.11. The van der Waals surface area contributed by atoms with Crippen molar-refractivity contribution in [2.45, 2.75) is 46.3 Å². The average molecular weight is 520 g/mol. The first-order valence-corrected chi connectivity index (χ1v) is 12.2. The van der Waals surface area contributed by atoms with Gasteiger partial charge in [0.05, 0.1) is 16.3 Å². The molecule has 4 heterocycles. The number of carbonyl (C=O) groups excluding carboxylic acids is 2. The van der Waals surface area contributed by atoms with Gasteiger partial charge in [-0.25, -0.2) is 9.50 Å². The molecule has 0 aliphatic carbocycles. The Labute approximate surface area is 208 Å². The second-order valence-corrected chi connectivity index (χ2v) is 9.07. The van der Waals surface area contributed by atoms with E-state index < -0.39 is 23.7 Å². The summed E-state index contributed by atoms with van der Waals surface area (Å²) >= 11 is 1.36. The van der Waals surface area contributed by atoms with Crippen molar-refractivity contribution in [2.75, 3.05) is 11.9 Å². The van der Waals surface area contributed by atoms with E-state index in [1.807, 2.05) is 26.8 Å². The van der Waals surface area contributed by atoms with E-state index >= 15 is 0 Å². The molecule has 0 saturated carbocycles. The summed E-state index contributed by atoms with van der Waals surface area (Å²) < 4.78 is 43.7. The number of carbonyl (C=O) groups is 2. The summed E-state index contributed by atoms with van der Waals surface area (Å²) in [6, 6.07) is 5.68. The van der Waals surface area contributed by atoms with Crippen molar-refractivity contribution in [3.8, 4) is 10.6 Å². The summed E-state index contributed by atoms with van der Waals surface area (Å²) in [5, 5.41) is 13.3. The van der Waals surface area contributed by atoms with Gasteiger partial charge >= 0.3 is 6.18 Å². The lowest BCUT2D eigenvalue weighted by Gasteiger charge is -2.10. The Balaban J connectivity index is 1.71. The monoisotopic (exact) mass is 519 g/mol. The average Bonchev–Trinajstić information content (AvgIpc) is 3.58. The topological polar surface area (TPSA) is 106 Å². The van der Waals surface area contributed by atoms with Crippen LogP contribution in [0.15, 0.2) is 30.5 Å². The Morgan fingerprint density at radius 1 is 1.08 bits per heavy atom. The normalized spacial score (nSPS) is 11.7. The van der Waals surface area contributed by atoms with Gasteiger partial charge in [-0.05, 0) is 38.0 Å². The molecule has 0 aliphatic heterocycles. The fraction of sp³-hybridized carbons (Fsp3) is 0.348. The predicted octanol–water partition coefficient (Wildman–Crippen LogP) is 4.65. The summed E-state index contributed by atoms with van der Waals surface area (Å²) in [5.74, 6) is -1.26. The molecule has 9 nitrogen and oxygen atoms in total. The molecular weight excluding hydrogens is 495 g/mol. The molecule has 190 valence electrons. The van der Waals surface area contributed by atoms with Crippen LogP contribution in [0.2, 0.25) is 0 Å². The number of hydrogen-bond acceptors (Lipinski definition) is 6. The van der Waals surface area contributed by atoms with Gasteiger partial charge in [0.1, 0.15) is 0 Å². The number of aromatic nitrogens is 5. The van der Waals surface area contributed by atoms with E-state index in [4.69, 9.17) is 0 Å². The molecule has 2 amide bonds. The number of nitrogens with one attached hydrogen (secondary N) is 2. The number of alkyl halides is 3.